The topological polar surface area (TPSA) is 61.2 Å². The molecule has 5 nitrogen and oxygen atoms in total. The van der Waals surface area contributed by atoms with Gasteiger partial charge in [-0.25, -0.2) is 13.4 Å². The normalized spacial score (nSPS) is 12.3. The molecule has 0 unspecified atom stereocenters. The van der Waals surface area contributed by atoms with Crippen LogP contribution in [-0.2, 0) is 16.0 Å². The molecule has 0 atom stereocenters. The molecule has 0 saturated carbocycles. The van der Waals surface area contributed by atoms with Crippen molar-refractivity contribution in [2.24, 2.45) is 0 Å². The first-order valence-electron chi connectivity index (χ1n) is 9.75. The molecular formula is C23H19F3N2O3S. The maximum Gasteiger partial charge on any atom is 0.418 e. The van der Waals surface area contributed by atoms with E-state index in [-0.39, 0.29) is 16.2 Å². The molecule has 0 radical (unpaired) electrons. The molecule has 0 aliphatic rings. The minimum atomic E-state index is -4.49. The van der Waals surface area contributed by atoms with Crippen LogP contribution in [0.2, 0.25) is 0 Å². The molecule has 0 fully saturated rings. The van der Waals surface area contributed by atoms with E-state index in [1.807, 2.05) is 0 Å². The van der Waals surface area contributed by atoms with E-state index in [9.17, 15) is 21.6 Å². The average Bonchev–Trinajstić information content (AvgIpc) is 3.17. The zero-order chi connectivity index (χ0) is 23.1. The van der Waals surface area contributed by atoms with Crippen molar-refractivity contribution < 1.29 is 26.3 Å². The Hall–Kier alpha value is -3.33. The van der Waals surface area contributed by atoms with Gasteiger partial charge in [-0.3, -0.25) is 4.57 Å². The summed E-state index contributed by atoms with van der Waals surface area (Å²) in [6.45, 7) is 3.38. The van der Waals surface area contributed by atoms with Crippen molar-refractivity contribution in [2.75, 3.05) is 5.75 Å². The molecule has 32 heavy (non-hydrogen) atoms. The van der Waals surface area contributed by atoms with Crippen molar-refractivity contribution in [1.29, 1.82) is 0 Å². The van der Waals surface area contributed by atoms with Gasteiger partial charge in [-0.15, -0.1) is 0 Å². The molecule has 0 bridgehead atoms. The van der Waals surface area contributed by atoms with Crippen LogP contribution in [0.4, 0.5) is 13.2 Å². The van der Waals surface area contributed by atoms with Crippen molar-refractivity contribution in [1.82, 2.24) is 9.55 Å². The third kappa shape index (κ3) is 4.08. The molecule has 166 valence electrons. The highest BCUT2D eigenvalue weighted by Crippen LogP contribution is 2.35. The molecule has 0 spiro atoms. The van der Waals surface area contributed by atoms with Crippen LogP contribution in [0.15, 0.2) is 71.9 Å². The van der Waals surface area contributed by atoms with Gasteiger partial charge in [0.15, 0.2) is 9.84 Å². The molecule has 0 aliphatic carbocycles. The zero-order valence-electron chi connectivity index (χ0n) is 17.2. The smallest absolute Gasteiger partial charge is 0.418 e. The van der Waals surface area contributed by atoms with Gasteiger partial charge >= 0.3 is 6.18 Å². The van der Waals surface area contributed by atoms with Crippen LogP contribution in [0.25, 0.3) is 16.7 Å². The van der Waals surface area contributed by atoms with Gasteiger partial charge in [0.1, 0.15) is 23.3 Å². The lowest BCUT2D eigenvalue weighted by Gasteiger charge is -2.13. The third-order valence-corrected chi connectivity index (χ3v) is 6.82. The fourth-order valence-corrected chi connectivity index (χ4v) is 4.37. The third-order valence-electron chi connectivity index (χ3n) is 5.09. The summed E-state index contributed by atoms with van der Waals surface area (Å²) in [5, 5.41) is 0. The van der Waals surface area contributed by atoms with Gasteiger partial charge in [0, 0.05) is 0 Å². The number of sulfone groups is 1. The summed E-state index contributed by atoms with van der Waals surface area (Å²) in [6, 6.07) is 15.3. The lowest BCUT2D eigenvalue weighted by atomic mass is 10.1. The van der Waals surface area contributed by atoms with Crippen molar-refractivity contribution in [2.45, 2.75) is 24.9 Å². The van der Waals surface area contributed by atoms with E-state index in [1.165, 1.54) is 24.5 Å². The van der Waals surface area contributed by atoms with Crippen molar-refractivity contribution >= 4 is 20.9 Å². The minimum Gasteiger partial charge on any atom is -0.457 e. The number of alkyl halides is 3. The fourth-order valence-electron chi connectivity index (χ4n) is 3.46. The van der Waals surface area contributed by atoms with Gasteiger partial charge in [0.05, 0.1) is 27.4 Å². The van der Waals surface area contributed by atoms with Crippen molar-refractivity contribution in [3.63, 3.8) is 0 Å². The number of ether oxygens (including phenoxy) is 1. The SMILES string of the molecule is CCS(=O)(=O)c1cccc(Oc2ccc(-n3cnc4c(C(F)(F)F)cccc43)c(C)c2)c1. The molecule has 1 heterocycles. The Morgan fingerprint density at radius 1 is 1.00 bits per heavy atom. The molecule has 0 saturated heterocycles. The quantitative estimate of drug-likeness (QED) is 0.370. The largest absolute Gasteiger partial charge is 0.457 e. The number of halogens is 3. The number of nitrogens with zero attached hydrogens (tertiary/aromatic N) is 2. The van der Waals surface area contributed by atoms with Crippen LogP contribution >= 0.6 is 0 Å². The van der Waals surface area contributed by atoms with E-state index in [0.29, 0.717) is 22.7 Å². The van der Waals surface area contributed by atoms with E-state index in [1.54, 1.807) is 54.8 Å². The fraction of sp³-hybridized carbons (Fsp3) is 0.174. The number of aromatic nitrogens is 2. The second-order valence-electron chi connectivity index (χ2n) is 7.21. The molecule has 4 rings (SSSR count). The van der Waals surface area contributed by atoms with Gasteiger partial charge in [0.25, 0.3) is 0 Å². The van der Waals surface area contributed by atoms with E-state index in [4.69, 9.17) is 4.74 Å². The molecule has 3 aromatic carbocycles. The molecular weight excluding hydrogens is 441 g/mol. The Bertz CT molecular complexity index is 1410. The summed E-state index contributed by atoms with van der Waals surface area (Å²) in [5.74, 6) is 0.825. The van der Waals surface area contributed by atoms with Crippen LogP contribution in [0.3, 0.4) is 0 Å². The van der Waals surface area contributed by atoms with Crippen LogP contribution < -0.4 is 4.74 Å². The number of aryl methyl sites for hydroxylation is 1. The number of fused-ring (bicyclic) bond motifs is 1. The number of benzene rings is 3. The monoisotopic (exact) mass is 460 g/mol. The lowest BCUT2D eigenvalue weighted by Crippen LogP contribution is -2.05. The summed E-state index contributed by atoms with van der Waals surface area (Å²) in [4.78, 5) is 4.17. The summed E-state index contributed by atoms with van der Waals surface area (Å²) in [6.07, 6.45) is -3.13. The standard InChI is InChI=1S/C23H19F3N2O3S/c1-3-32(29,30)18-7-4-6-16(13-18)31-17-10-11-20(15(2)12-17)28-14-27-22-19(23(24,25)26)8-5-9-21(22)28/h4-14H,3H2,1-2H3. The maximum absolute atomic E-state index is 13.3. The Morgan fingerprint density at radius 2 is 1.72 bits per heavy atom. The van der Waals surface area contributed by atoms with Gasteiger partial charge in [0.2, 0.25) is 0 Å². The minimum absolute atomic E-state index is 0.0147. The zero-order valence-corrected chi connectivity index (χ0v) is 18.0. The number of imidazole rings is 1. The number of hydrogen-bond acceptors (Lipinski definition) is 4. The second-order valence-corrected chi connectivity index (χ2v) is 9.49. The van der Waals surface area contributed by atoms with Crippen LogP contribution in [0.1, 0.15) is 18.1 Å². The van der Waals surface area contributed by atoms with E-state index >= 15 is 0 Å². The number of para-hydroxylation sites is 1. The highest BCUT2D eigenvalue weighted by molar-refractivity contribution is 7.91. The molecule has 0 aliphatic heterocycles. The molecule has 1 aromatic heterocycles. The van der Waals surface area contributed by atoms with Crippen LogP contribution in [0, 0.1) is 6.92 Å². The highest BCUT2D eigenvalue weighted by Gasteiger charge is 2.33. The van der Waals surface area contributed by atoms with Crippen molar-refractivity contribution in [3.8, 4) is 17.2 Å². The van der Waals surface area contributed by atoms with E-state index in [2.05, 4.69) is 4.98 Å². The van der Waals surface area contributed by atoms with Crippen LogP contribution in [0.5, 0.6) is 11.5 Å². The second kappa shape index (κ2) is 7.98. The maximum atomic E-state index is 13.3. The molecule has 4 aromatic rings. The van der Waals surface area contributed by atoms with E-state index in [0.717, 1.165) is 11.6 Å². The predicted octanol–water partition coefficient (Wildman–Crippen LogP) is 5.94. The lowest BCUT2D eigenvalue weighted by molar-refractivity contribution is -0.136. The summed E-state index contributed by atoms with van der Waals surface area (Å²) >= 11 is 0. The number of rotatable bonds is 5. The van der Waals surface area contributed by atoms with E-state index < -0.39 is 21.6 Å². The van der Waals surface area contributed by atoms with Gasteiger partial charge in [-0.1, -0.05) is 19.1 Å². The first-order valence-corrected chi connectivity index (χ1v) is 11.4. The molecule has 0 N–H and O–H groups in total. The Labute approximate surface area is 183 Å². The summed E-state index contributed by atoms with van der Waals surface area (Å²) in [5.41, 5.74) is 0.842. The van der Waals surface area contributed by atoms with Crippen LogP contribution in [-0.4, -0.2) is 23.7 Å². The van der Waals surface area contributed by atoms with Gasteiger partial charge in [-0.2, -0.15) is 13.2 Å². The number of hydrogen-bond donors (Lipinski definition) is 0. The highest BCUT2D eigenvalue weighted by atomic mass is 32.2. The summed E-state index contributed by atoms with van der Waals surface area (Å²) in [7, 11) is -3.36. The van der Waals surface area contributed by atoms with Crippen molar-refractivity contribution in [3.05, 3.63) is 78.1 Å². The van der Waals surface area contributed by atoms with Gasteiger partial charge < -0.3 is 4.74 Å². The Kier molecular flexibility index (Phi) is 5.46. The molecule has 0 amide bonds. The summed E-state index contributed by atoms with van der Waals surface area (Å²) < 4.78 is 71.5. The first-order chi connectivity index (χ1) is 15.1. The molecule has 9 heteroatoms. The Morgan fingerprint density at radius 3 is 2.41 bits per heavy atom. The van der Waals surface area contributed by atoms with Gasteiger partial charge in [-0.05, 0) is 61.0 Å². The first kappa shape index (κ1) is 21.9. The predicted molar refractivity (Wildman–Crippen MR) is 115 cm³/mol. The average molecular weight is 460 g/mol. The Balaban J connectivity index is 1.68.